The minimum atomic E-state index is -0.951. The molecule has 0 N–H and O–H groups in total. The Morgan fingerprint density at radius 2 is 1.79 bits per heavy atom. The number of hydrogen-bond acceptors (Lipinski definition) is 8. The van der Waals surface area contributed by atoms with E-state index < -0.39 is 28.3 Å². The number of halogens is 1. The molecule has 6 rings (SSSR count). The van der Waals surface area contributed by atoms with Crippen LogP contribution in [0.4, 0.5) is 10.1 Å². The third kappa shape index (κ3) is 5.22. The minimum Gasteiger partial charge on any atom is -0.463 e. The standard InChI is InChI=1S/C32H22FN3O6S/c1-2-41-31(38)27-28(19-8-4-3-5-9-19)34-32-35(29(27)20-12-14-21(33)15-13-20)30(37)26(43-32)18-22-16-17-25(42-22)23-10-6-7-11-24(23)36(39)40/h3-18,29H,2H2,1H3/b26-18-/t29-/m1/s1. The summed E-state index contributed by atoms with van der Waals surface area (Å²) in [6.45, 7) is 1.79. The van der Waals surface area contributed by atoms with Crippen LogP contribution in [0.15, 0.2) is 111 Å². The normalized spacial score (nSPS) is 14.7. The number of esters is 1. The molecule has 0 radical (unpaired) electrons. The van der Waals surface area contributed by atoms with E-state index in [0.717, 1.165) is 11.3 Å². The first-order valence-corrected chi connectivity index (χ1v) is 14.0. The summed E-state index contributed by atoms with van der Waals surface area (Å²) >= 11 is 1.10. The van der Waals surface area contributed by atoms with Crippen molar-refractivity contribution in [2.75, 3.05) is 6.61 Å². The van der Waals surface area contributed by atoms with Crippen molar-refractivity contribution in [3.8, 4) is 11.3 Å². The Labute approximate surface area is 247 Å². The summed E-state index contributed by atoms with van der Waals surface area (Å²) in [6.07, 6.45) is 1.53. The number of benzene rings is 3. The number of aromatic nitrogens is 1. The molecule has 0 unspecified atom stereocenters. The van der Waals surface area contributed by atoms with Crippen LogP contribution in [-0.4, -0.2) is 22.1 Å². The largest absolute Gasteiger partial charge is 0.463 e. The molecule has 1 aliphatic rings. The Hall–Kier alpha value is -5.42. The zero-order chi connectivity index (χ0) is 30.1. The van der Waals surface area contributed by atoms with Gasteiger partial charge in [-0.2, -0.15) is 0 Å². The molecule has 214 valence electrons. The van der Waals surface area contributed by atoms with Crippen molar-refractivity contribution in [2.45, 2.75) is 13.0 Å². The van der Waals surface area contributed by atoms with Gasteiger partial charge < -0.3 is 9.15 Å². The molecule has 0 saturated carbocycles. The molecule has 3 heterocycles. The van der Waals surface area contributed by atoms with Crippen molar-refractivity contribution in [1.82, 2.24) is 4.57 Å². The van der Waals surface area contributed by atoms with E-state index in [9.17, 15) is 24.1 Å². The average Bonchev–Trinajstić information content (AvgIpc) is 3.61. The lowest BCUT2D eigenvalue weighted by atomic mass is 9.93. The lowest BCUT2D eigenvalue weighted by molar-refractivity contribution is -0.384. The van der Waals surface area contributed by atoms with Crippen LogP contribution < -0.4 is 14.9 Å². The molecule has 0 amide bonds. The number of nitro benzene ring substituents is 1. The number of fused-ring (bicyclic) bond motifs is 1. The Morgan fingerprint density at radius 3 is 2.51 bits per heavy atom. The van der Waals surface area contributed by atoms with E-state index in [1.54, 1.807) is 49.4 Å². The van der Waals surface area contributed by atoms with Crippen LogP contribution in [0.5, 0.6) is 0 Å². The number of carbonyl (C=O) groups excluding carboxylic acids is 1. The molecule has 0 fully saturated rings. The number of para-hydroxylation sites is 1. The number of hydrogen-bond donors (Lipinski definition) is 0. The van der Waals surface area contributed by atoms with Gasteiger partial charge in [0.1, 0.15) is 17.3 Å². The van der Waals surface area contributed by atoms with Crippen LogP contribution >= 0.6 is 11.3 Å². The summed E-state index contributed by atoms with van der Waals surface area (Å²) in [5.41, 5.74) is 1.38. The van der Waals surface area contributed by atoms with E-state index in [2.05, 4.69) is 0 Å². The Bertz CT molecular complexity index is 2080. The molecule has 11 heteroatoms. The number of nitro groups is 1. The first-order chi connectivity index (χ1) is 20.9. The van der Waals surface area contributed by atoms with E-state index in [4.69, 9.17) is 14.1 Å². The first-order valence-electron chi connectivity index (χ1n) is 13.2. The van der Waals surface area contributed by atoms with Gasteiger partial charge >= 0.3 is 5.97 Å². The third-order valence-corrected chi connectivity index (χ3v) is 7.81. The molecule has 0 spiro atoms. The van der Waals surface area contributed by atoms with E-state index in [0.29, 0.717) is 32.9 Å². The smallest absolute Gasteiger partial charge is 0.338 e. The van der Waals surface area contributed by atoms with Gasteiger partial charge in [-0.1, -0.05) is 65.9 Å². The van der Waals surface area contributed by atoms with Crippen molar-refractivity contribution in [3.63, 3.8) is 0 Å². The summed E-state index contributed by atoms with van der Waals surface area (Å²) in [5, 5.41) is 11.5. The van der Waals surface area contributed by atoms with Gasteiger partial charge in [0, 0.05) is 17.7 Å². The summed E-state index contributed by atoms with van der Waals surface area (Å²) in [5.74, 6) is -0.543. The molecule has 9 nitrogen and oxygen atoms in total. The second-order valence-electron chi connectivity index (χ2n) is 9.46. The molecule has 5 aromatic rings. The maximum Gasteiger partial charge on any atom is 0.338 e. The van der Waals surface area contributed by atoms with Crippen molar-refractivity contribution >= 4 is 34.8 Å². The summed E-state index contributed by atoms with van der Waals surface area (Å²) in [7, 11) is 0. The summed E-state index contributed by atoms with van der Waals surface area (Å²) in [4.78, 5) is 43.5. The lowest BCUT2D eigenvalue weighted by Crippen LogP contribution is -2.40. The van der Waals surface area contributed by atoms with Gasteiger partial charge in [0.25, 0.3) is 11.2 Å². The van der Waals surface area contributed by atoms with Crippen molar-refractivity contribution in [1.29, 1.82) is 0 Å². The zero-order valence-electron chi connectivity index (χ0n) is 22.6. The van der Waals surface area contributed by atoms with Crippen LogP contribution in [-0.2, 0) is 9.53 Å². The van der Waals surface area contributed by atoms with Crippen LogP contribution in [0.25, 0.3) is 23.1 Å². The van der Waals surface area contributed by atoms with Gasteiger partial charge in [0.05, 0.1) is 38.9 Å². The maximum absolute atomic E-state index is 14.0. The van der Waals surface area contributed by atoms with Gasteiger partial charge in [0.15, 0.2) is 4.80 Å². The fourth-order valence-corrected chi connectivity index (χ4v) is 5.93. The quantitative estimate of drug-likeness (QED) is 0.144. The number of nitrogens with zero attached hydrogens (tertiary/aromatic N) is 3. The predicted molar refractivity (Wildman–Crippen MR) is 158 cm³/mol. The topological polar surface area (TPSA) is 117 Å². The Morgan fingerprint density at radius 1 is 1.07 bits per heavy atom. The SMILES string of the molecule is CCOC(=O)C1=C(c2ccccc2)N=c2s/c(=C\c3ccc(-c4ccccc4[N+](=O)[O-])o3)c(=O)n2[C@@H]1c1ccc(F)cc1. The maximum atomic E-state index is 14.0. The van der Waals surface area contributed by atoms with Crippen molar-refractivity contribution < 1.29 is 23.3 Å². The number of furan rings is 1. The number of rotatable bonds is 7. The molecule has 3 aromatic carbocycles. The van der Waals surface area contributed by atoms with Crippen LogP contribution in [0.2, 0.25) is 0 Å². The fourth-order valence-electron chi connectivity index (χ4n) is 4.95. The minimum absolute atomic E-state index is 0.103. The molecule has 0 aliphatic carbocycles. The fraction of sp³-hybridized carbons (Fsp3) is 0.0938. The summed E-state index contributed by atoms with van der Waals surface area (Å²) in [6, 6.07) is 23.1. The highest BCUT2D eigenvalue weighted by molar-refractivity contribution is 7.07. The first kappa shape index (κ1) is 27.7. The number of carbonyl (C=O) groups is 1. The zero-order valence-corrected chi connectivity index (χ0v) is 23.4. The molecule has 43 heavy (non-hydrogen) atoms. The van der Waals surface area contributed by atoms with Gasteiger partial charge in [0.2, 0.25) is 0 Å². The van der Waals surface area contributed by atoms with Gasteiger partial charge in [-0.3, -0.25) is 19.5 Å². The average molecular weight is 596 g/mol. The number of ether oxygens (including phenoxy) is 1. The van der Waals surface area contributed by atoms with Gasteiger partial charge in [-0.05, 0) is 42.8 Å². The van der Waals surface area contributed by atoms with E-state index >= 15 is 0 Å². The van der Waals surface area contributed by atoms with Crippen LogP contribution in [0.1, 0.15) is 29.9 Å². The highest BCUT2D eigenvalue weighted by Crippen LogP contribution is 2.35. The van der Waals surface area contributed by atoms with Crippen LogP contribution in [0.3, 0.4) is 0 Å². The van der Waals surface area contributed by atoms with Gasteiger partial charge in [-0.15, -0.1) is 0 Å². The monoisotopic (exact) mass is 595 g/mol. The Kier molecular flexibility index (Phi) is 7.39. The van der Waals surface area contributed by atoms with E-state index in [1.807, 2.05) is 18.2 Å². The second kappa shape index (κ2) is 11.5. The molecule has 1 atom stereocenters. The predicted octanol–water partition coefficient (Wildman–Crippen LogP) is 5.24. The summed E-state index contributed by atoms with van der Waals surface area (Å²) < 4.78 is 26.9. The van der Waals surface area contributed by atoms with Crippen molar-refractivity contribution in [3.05, 3.63) is 149 Å². The number of thiazole rings is 1. The van der Waals surface area contributed by atoms with E-state index in [1.165, 1.54) is 41.0 Å². The highest BCUT2D eigenvalue weighted by atomic mass is 32.1. The molecule has 0 saturated heterocycles. The van der Waals surface area contributed by atoms with Gasteiger partial charge in [-0.25, -0.2) is 14.2 Å². The molecular formula is C32H22FN3O6S. The molecule has 2 aromatic heterocycles. The molecular weight excluding hydrogens is 573 g/mol. The lowest BCUT2D eigenvalue weighted by Gasteiger charge is -2.25. The van der Waals surface area contributed by atoms with Crippen LogP contribution in [0, 0.1) is 15.9 Å². The second-order valence-corrected chi connectivity index (χ2v) is 10.5. The van der Waals surface area contributed by atoms with Crippen molar-refractivity contribution in [2.24, 2.45) is 4.99 Å². The highest BCUT2D eigenvalue weighted by Gasteiger charge is 2.35. The molecule has 1 aliphatic heterocycles. The molecule has 0 bridgehead atoms. The van der Waals surface area contributed by atoms with E-state index in [-0.39, 0.29) is 28.2 Å². The third-order valence-electron chi connectivity index (χ3n) is 6.83. The Balaban J connectivity index is 1.55.